The Morgan fingerprint density at radius 1 is 1.29 bits per heavy atom. The first-order valence-corrected chi connectivity index (χ1v) is 8.51. The van der Waals surface area contributed by atoms with Gasteiger partial charge in [0.2, 0.25) is 0 Å². The number of esters is 1. The van der Waals surface area contributed by atoms with E-state index in [1.165, 1.54) is 25.5 Å². The van der Waals surface area contributed by atoms with E-state index in [1.807, 2.05) is 19.2 Å². The molecule has 3 N–H and O–H groups in total. The zero-order valence-electron chi connectivity index (χ0n) is 15.5. The highest BCUT2D eigenvalue weighted by atomic mass is 16.5. The first-order chi connectivity index (χ1) is 13.3. The second-order valence-electron chi connectivity index (χ2n) is 6.35. The van der Waals surface area contributed by atoms with Gasteiger partial charge in [-0.3, -0.25) is 10.1 Å². The quantitative estimate of drug-likeness (QED) is 0.640. The van der Waals surface area contributed by atoms with Gasteiger partial charge in [-0.2, -0.15) is 5.10 Å². The maximum Gasteiger partial charge on any atom is 0.339 e. The van der Waals surface area contributed by atoms with Crippen LogP contribution < -0.4 is 11.1 Å². The molecule has 1 atom stereocenters. The average molecular weight is 385 g/mol. The van der Waals surface area contributed by atoms with Crippen LogP contribution in [0.25, 0.3) is 22.5 Å². The van der Waals surface area contributed by atoms with Gasteiger partial charge in [-0.25, -0.2) is 19.3 Å². The summed E-state index contributed by atoms with van der Waals surface area (Å²) in [6.45, 7) is 5.20. The summed E-state index contributed by atoms with van der Waals surface area (Å²) in [4.78, 5) is 39.9. The Hall–Kier alpha value is -3.69. The van der Waals surface area contributed by atoms with Crippen LogP contribution in [0.4, 0.5) is 4.79 Å². The number of carbonyl (C=O) groups excluding carboxylic acids is 3. The van der Waals surface area contributed by atoms with Crippen molar-refractivity contribution in [1.29, 1.82) is 0 Å². The van der Waals surface area contributed by atoms with Crippen molar-refractivity contribution in [2.24, 2.45) is 5.73 Å². The van der Waals surface area contributed by atoms with Crippen molar-refractivity contribution in [2.75, 3.05) is 0 Å². The van der Waals surface area contributed by atoms with Gasteiger partial charge < -0.3 is 14.9 Å². The molecule has 0 radical (unpaired) electrons. The van der Waals surface area contributed by atoms with Gasteiger partial charge in [0.05, 0.1) is 23.4 Å². The second-order valence-corrected chi connectivity index (χ2v) is 6.35. The third-order valence-electron chi connectivity index (χ3n) is 3.95. The van der Waals surface area contributed by atoms with Crippen molar-refractivity contribution in [3.05, 3.63) is 36.2 Å². The summed E-state index contributed by atoms with van der Waals surface area (Å²) in [5.41, 5.74) is 5.97. The van der Waals surface area contributed by atoms with Crippen molar-refractivity contribution in [3.63, 3.8) is 0 Å². The highest BCUT2D eigenvalue weighted by Gasteiger charge is 2.24. The Bertz CT molecular complexity index is 1040. The number of nitrogens with two attached hydrogens (primary N) is 1. The summed E-state index contributed by atoms with van der Waals surface area (Å²) >= 11 is 0. The Labute approximate surface area is 159 Å². The summed E-state index contributed by atoms with van der Waals surface area (Å²) < 4.78 is 12.2. The molecule has 0 aliphatic rings. The van der Waals surface area contributed by atoms with Crippen LogP contribution >= 0.6 is 0 Å². The van der Waals surface area contributed by atoms with Gasteiger partial charge in [-0.05, 0) is 39.0 Å². The van der Waals surface area contributed by atoms with Crippen LogP contribution in [0.3, 0.4) is 0 Å². The van der Waals surface area contributed by atoms with Gasteiger partial charge in [0.15, 0.2) is 17.5 Å². The molecule has 0 bridgehead atoms. The molecular weight excluding hydrogens is 366 g/mol. The number of urea groups is 1. The normalized spacial score (nSPS) is 12.1. The fourth-order valence-corrected chi connectivity index (χ4v) is 2.62. The molecular formula is C18H19N5O5. The van der Waals surface area contributed by atoms with E-state index >= 15 is 0 Å². The van der Waals surface area contributed by atoms with Crippen LogP contribution in [0, 0.1) is 0 Å². The Morgan fingerprint density at radius 2 is 2.04 bits per heavy atom. The monoisotopic (exact) mass is 385 g/mol. The Morgan fingerprint density at radius 3 is 2.64 bits per heavy atom. The van der Waals surface area contributed by atoms with E-state index in [4.69, 9.17) is 14.9 Å². The number of primary amides is 1. The lowest BCUT2D eigenvalue weighted by molar-refractivity contribution is -0.127. The van der Waals surface area contributed by atoms with Crippen LogP contribution in [0.5, 0.6) is 0 Å². The molecule has 3 rings (SSSR count). The van der Waals surface area contributed by atoms with E-state index in [2.05, 4.69) is 10.1 Å². The minimum atomic E-state index is -1.23. The number of ether oxygens (including phenoxy) is 1. The van der Waals surface area contributed by atoms with Gasteiger partial charge in [-0.15, -0.1) is 0 Å². The van der Waals surface area contributed by atoms with Gasteiger partial charge in [-0.1, -0.05) is 0 Å². The first kappa shape index (κ1) is 19.1. The molecule has 3 heterocycles. The molecule has 0 aliphatic carbocycles. The number of nitrogens with zero attached hydrogens (tertiary/aromatic N) is 3. The molecule has 0 fully saturated rings. The van der Waals surface area contributed by atoms with Crippen molar-refractivity contribution in [3.8, 4) is 11.5 Å². The predicted octanol–water partition coefficient (Wildman–Crippen LogP) is 2.01. The summed E-state index contributed by atoms with van der Waals surface area (Å²) in [7, 11) is 0. The summed E-state index contributed by atoms with van der Waals surface area (Å²) in [5, 5.41) is 6.63. The number of pyridine rings is 1. The molecule has 0 aromatic carbocycles. The average Bonchev–Trinajstić information content (AvgIpc) is 3.29. The van der Waals surface area contributed by atoms with E-state index in [-0.39, 0.29) is 11.6 Å². The van der Waals surface area contributed by atoms with E-state index in [0.29, 0.717) is 22.5 Å². The number of nitrogens with one attached hydrogen (secondary N) is 1. The van der Waals surface area contributed by atoms with Crippen LogP contribution in [0.1, 0.15) is 37.2 Å². The van der Waals surface area contributed by atoms with Crippen LogP contribution in [0.2, 0.25) is 0 Å². The number of amides is 3. The van der Waals surface area contributed by atoms with Crippen molar-refractivity contribution in [1.82, 2.24) is 20.1 Å². The number of carbonyl (C=O) groups is 3. The molecule has 146 valence electrons. The molecule has 0 saturated heterocycles. The molecule has 0 spiro atoms. The molecule has 10 nitrogen and oxygen atoms in total. The van der Waals surface area contributed by atoms with Crippen LogP contribution in [-0.2, 0) is 9.53 Å². The third kappa shape index (κ3) is 3.70. The maximum absolute atomic E-state index is 12.7. The van der Waals surface area contributed by atoms with Crippen molar-refractivity contribution >= 4 is 28.9 Å². The zero-order valence-corrected chi connectivity index (χ0v) is 15.5. The van der Waals surface area contributed by atoms with Gasteiger partial charge in [0.1, 0.15) is 5.69 Å². The van der Waals surface area contributed by atoms with E-state index < -0.39 is 24.0 Å². The topological polar surface area (TPSA) is 142 Å². The third-order valence-corrected chi connectivity index (χ3v) is 3.95. The second kappa shape index (κ2) is 7.51. The summed E-state index contributed by atoms with van der Waals surface area (Å²) in [5.74, 6) is -1.13. The van der Waals surface area contributed by atoms with E-state index in [9.17, 15) is 14.4 Å². The van der Waals surface area contributed by atoms with E-state index in [1.54, 1.807) is 16.8 Å². The standard InChI is InChI=1S/C18H19N5O5/c1-9(2)23-15-12(8-20-23)11(7-13(21-15)14-5-4-6-27-14)17(25)28-10(3)16(24)22-18(19)26/h4-10H,1-3H3,(H3,19,22,24,26). The molecule has 28 heavy (non-hydrogen) atoms. The lowest BCUT2D eigenvalue weighted by Crippen LogP contribution is -2.42. The molecule has 3 amide bonds. The van der Waals surface area contributed by atoms with Crippen LogP contribution in [-0.4, -0.2) is 38.8 Å². The smallest absolute Gasteiger partial charge is 0.339 e. The largest absolute Gasteiger partial charge is 0.463 e. The molecule has 0 saturated carbocycles. The number of hydrogen-bond donors (Lipinski definition) is 2. The zero-order chi connectivity index (χ0) is 20.4. The van der Waals surface area contributed by atoms with Crippen LogP contribution in [0.15, 0.2) is 35.1 Å². The molecule has 3 aromatic heterocycles. The number of fused-ring (bicyclic) bond motifs is 1. The summed E-state index contributed by atoms with van der Waals surface area (Å²) in [6.07, 6.45) is 1.78. The lowest BCUT2D eigenvalue weighted by atomic mass is 10.1. The highest BCUT2D eigenvalue weighted by molar-refractivity contribution is 6.05. The minimum absolute atomic E-state index is 0.000916. The lowest BCUT2D eigenvalue weighted by Gasteiger charge is -2.13. The van der Waals surface area contributed by atoms with Gasteiger partial charge >= 0.3 is 12.0 Å². The Kier molecular flexibility index (Phi) is 5.12. The molecule has 0 aliphatic heterocycles. The van der Waals surface area contributed by atoms with Crippen molar-refractivity contribution in [2.45, 2.75) is 32.9 Å². The maximum atomic E-state index is 12.7. The van der Waals surface area contributed by atoms with Gasteiger partial charge in [0, 0.05) is 6.04 Å². The fourth-order valence-electron chi connectivity index (χ4n) is 2.62. The predicted molar refractivity (Wildman–Crippen MR) is 98.2 cm³/mol. The SMILES string of the molecule is CC(OC(=O)c1cc(-c2ccco2)nc2c1cnn2C(C)C)C(=O)NC(N)=O. The number of aromatic nitrogens is 3. The Balaban J connectivity index is 2.02. The number of rotatable bonds is 5. The number of imide groups is 1. The highest BCUT2D eigenvalue weighted by Crippen LogP contribution is 2.27. The summed E-state index contributed by atoms with van der Waals surface area (Å²) in [6, 6.07) is 3.89. The van der Waals surface area contributed by atoms with E-state index in [0.717, 1.165) is 0 Å². The molecule has 10 heteroatoms. The molecule has 3 aromatic rings. The number of furan rings is 1. The van der Waals surface area contributed by atoms with Gasteiger partial charge in [0.25, 0.3) is 5.91 Å². The molecule has 1 unspecified atom stereocenters. The van der Waals surface area contributed by atoms with Crippen molar-refractivity contribution < 1.29 is 23.5 Å². The fraction of sp³-hybridized carbons (Fsp3) is 0.278. The first-order valence-electron chi connectivity index (χ1n) is 8.51. The minimum Gasteiger partial charge on any atom is -0.463 e. The number of hydrogen-bond acceptors (Lipinski definition) is 7.